The van der Waals surface area contributed by atoms with Crippen LogP contribution in [0.5, 0.6) is 0 Å². The van der Waals surface area contributed by atoms with Crippen molar-refractivity contribution in [3.63, 3.8) is 0 Å². The molecule has 2 aliphatic rings. The van der Waals surface area contributed by atoms with Crippen LogP contribution >= 0.6 is 0 Å². The number of hydrogen-bond donors (Lipinski definition) is 1. The van der Waals surface area contributed by atoms with Crippen molar-refractivity contribution in [2.75, 3.05) is 6.54 Å². The summed E-state index contributed by atoms with van der Waals surface area (Å²) in [6, 6.07) is 8.58. The van der Waals surface area contributed by atoms with E-state index in [1.54, 1.807) is 25.7 Å². The van der Waals surface area contributed by atoms with Gasteiger partial charge in [-0.3, -0.25) is 9.69 Å². The molecule has 2 atom stereocenters. The molecular formula is C19H25N3O4. The van der Waals surface area contributed by atoms with Crippen molar-refractivity contribution in [3.8, 4) is 0 Å². The fraction of sp³-hybridized carbons (Fsp3) is 0.526. The zero-order chi connectivity index (χ0) is 18.9. The maximum absolute atomic E-state index is 12.8. The Morgan fingerprint density at radius 3 is 2.58 bits per heavy atom. The third-order valence-corrected chi connectivity index (χ3v) is 4.59. The van der Waals surface area contributed by atoms with Crippen LogP contribution in [0.2, 0.25) is 0 Å². The Labute approximate surface area is 153 Å². The predicted octanol–water partition coefficient (Wildman–Crippen LogP) is 2.51. The van der Waals surface area contributed by atoms with Gasteiger partial charge >= 0.3 is 12.1 Å². The summed E-state index contributed by atoms with van der Waals surface area (Å²) in [6.07, 6.45) is 0.303. The van der Waals surface area contributed by atoms with Crippen molar-refractivity contribution in [3.05, 3.63) is 35.9 Å². The summed E-state index contributed by atoms with van der Waals surface area (Å²) in [5.41, 5.74) is 0.322. The van der Waals surface area contributed by atoms with E-state index < -0.39 is 11.7 Å². The molecule has 0 aliphatic carbocycles. The average molecular weight is 359 g/mol. The van der Waals surface area contributed by atoms with Gasteiger partial charge in [-0.05, 0) is 32.8 Å². The van der Waals surface area contributed by atoms with E-state index in [-0.39, 0.29) is 37.0 Å². The van der Waals surface area contributed by atoms with E-state index in [9.17, 15) is 14.4 Å². The molecule has 2 heterocycles. The van der Waals surface area contributed by atoms with Crippen LogP contribution in [-0.4, -0.2) is 52.1 Å². The number of alkyl carbamates (subject to hydrolysis) is 1. The molecule has 140 valence electrons. The van der Waals surface area contributed by atoms with E-state index >= 15 is 0 Å². The quantitative estimate of drug-likeness (QED) is 0.899. The van der Waals surface area contributed by atoms with Gasteiger partial charge in [0.1, 0.15) is 5.60 Å². The van der Waals surface area contributed by atoms with Gasteiger partial charge in [0.25, 0.3) is 0 Å². The summed E-state index contributed by atoms with van der Waals surface area (Å²) < 4.78 is 5.28. The molecular weight excluding hydrogens is 334 g/mol. The van der Waals surface area contributed by atoms with E-state index in [4.69, 9.17) is 4.74 Å². The van der Waals surface area contributed by atoms with E-state index in [0.29, 0.717) is 13.0 Å². The van der Waals surface area contributed by atoms with Crippen molar-refractivity contribution >= 4 is 18.0 Å². The van der Waals surface area contributed by atoms with Gasteiger partial charge in [-0.15, -0.1) is 0 Å². The van der Waals surface area contributed by atoms with Gasteiger partial charge in [-0.2, -0.15) is 0 Å². The molecule has 0 aromatic heterocycles. The maximum atomic E-state index is 12.8. The third-order valence-electron chi connectivity index (χ3n) is 4.59. The predicted molar refractivity (Wildman–Crippen MR) is 95.3 cm³/mol. The number of urea groups is 1. The summed E-state index contributed by atoms with van der Waals surface area (Å²) in [5, 5.41) is 2.81. The molecule has 3 rings (SSSR count). The Morgan fingerprint density at radius 2 is 1.92 bits per heavy atom. The standard InChI is InChI=1S/C19H25N3O4/c1-19(2,3)26-17(24)20-14-9-10-21-15(14)11-16(23)22(18(21)25)12-13-7-5-4-6-8-13/h4-8,14-15H,9-12H2,1-3H3,(H,20,24)/t14-,15-/m1/s1. The largest absolute Gasteiger partial charge is 0.444 e. The smallest absolute Gasteiger partial charge is 0.407 e. The number of carbonyl (C=O) groups is 3. The molecule has 0 saturated carbocycles. The van der Waals surface area contributed by atoms with Crippen LogP contribution in [-0.2, 0) is 16.1 Å². The highest BCUT2D eigenvalue weighted by Crippen LogP contribution is 2.28. The molecule has 2 aliphatic heterocycles. The number of ether oxygens (including phenoxy) is 1. The highest BCUT2D eigenvalue weighted by Gasteiger charge is 2.46. The lowest BCUT2D eigenvalue weighted by Crippen LogP contribution is -2.58. The topological polar surface area (TPSA) is 79.0 Å². The lowest BCUT2D eigenvalue weighted by Gasteiger charge is -2.38. The van der Waals surface area contributed by atoms with Crippen molar-refractivity contribution in [2.24, 2.45) is 0 Å². The Hall–Kier alpha value is -2.57. The fourth-order valence-corrected chi connectivity index (χ4v) is 3.44. The summed E-state index contributed by atoms with van der Waals surface area (Å²) in [4.78, 5) is 40.3. The third kappa shape index (κ3) is 3.98. The van der Waals surface area contributed by atoms with Gasteiger partial charge in [0.05, 0.1) is 18.6 Å². The molecule has 0 radical (unpaired) electrons. The number of nitrogens with zero attached hydrogens (tertiary/aromatic N) is 2. The molecule has 1 aromatic carbocycles. The Morgan fingerprint density at radius 1 is 1.23 bits per heavy atom. The molecule has 2 fully saturated rings. The highest BCUT2D eigenvalue weighted by atomic mass is 16.6. The molecule has 26 heavy (non-hydrogen) atoms. The maximum Gasteiger partial charge on any atom is 0.407 e. The molecule has 1 N–H and O–H groups in total. The Bertz CT molecular complexity index is 698. The number of amides is 4. The minimum Gasteiger partial charge on any atom is -0.444 e. The van der Waals surface area contributed by atoms with Crippen molar-refractivity contribution < 1.29 is 19.1 Å². The summed E-state index contributed by atoms with van der Waals surface area (Å²) in [6.45, 7) is 6.17. The number of fused-ring (bicyclic) bond motifs is 1. The second-order valence-electron chi connectivity index (χ2n) is 7.75. The van der Waals surface area contributed by atoms with Crippen LogP contribution in [0.15, 0.2) is 30.3 Å². The fourth-order valence-electron chi connectivity index (χ4n) is 3.44. The van der Waals surface area contributed by atoms with Gasteiger partial charge in [0, 0.05) is 13.0 Å². The summed E-state index contributed by atoms with van der Waals surface area (Å²) in [5.74, 6) is -0.210. The molecule has 0 unspecified atom stereocenters. The van der Waals surface area contributed by atoms with E-state index in [2.05, 4.69) is 5.32 Å². The van der Waals surface area contributed by atoms with Crippen LogP contribution in [0.25, 0.3) is 0 Å². The number of nitrogens with one attached hydrogen (secondary N) is 1. The second-order valence-corrected chi connectivity index (χ2v) is 7.75. The molecule has 0 spiro atoms. The second kappa shape index (κ2) is 6.97. The summed E-state index contributed by atoms with van der Waals surface area (Å²) in [7, 11) is 0. The van der Waals surface area contributed by atoms with Crippen LogP contribution in [0, 0.1) is 0 Å². The zero-order valence-electron chi connectivity index (χ0n) is 15.4. The van der Waals surface area contributed by atoms with Crippen molar-refractivity contribution in [1.29, 1.82) is 0 Å². The molecule has 0 bridgehead atoms. The first kappa shape index (κ1) is 18.2. The molecule has 4 amide bonds. The normalized spacial score (nSPS) is 23.0. The zero-order valence-corrected chi connectivity index (χ0v) is 15.4. The van der Waals surface area contributed by atoms with Crippen LogP contribution < -0.4 is 5.32 Å². The van der Waals surface area contributed by atoms with Crippen molar-refractivity contribution in [1.82, 2.24) is 15.1 Å². The Kier molecular flexibility index (Phi) is 4.89. The van der Waals surface area contributed by atoms with Gasteiger partial charge in [0.2, 0.25) is 5.91 Å². The average Bonchev–Trinajstić information content (AvgIpc) is 2.93. The minimum atomic E-state index is -0.590. The highest BCUT2D eigenvalue weighted by molar-refractivity contribution is 5.97. The molecule has 7 heteroatoms. The van der Waals surface area contributed by atoms with Crippen molar-refractivity contribution in [2.45, 2.75) is 57.8 Å². The van der Waals surface area contributed by atoms with E-state index in [0.717, 1.165) is 5.56 Å². The van der Waals surface area contributed by atoms with E-state index in [1.807, 2.05) is 30.3 Å². The number of benzene rings is 1. The number of imide groups is 1. The van der Waals surface area contributed by atoms with Crippen LogP contribution in [0.3, 0.4) is 0 Å². The first-order valence-corrected chi connectivity index (χ1v) is 8.89. The van der Waals surface area contributed by atoms with Gasteiger partial charge in [-0.1, -0.05) is 30.3 Å². The molecule has 7 nitrogen and oxygen atoms in total. The first-order chi connectivity index (χ1) is 12.2. The monoisotopic (exact) mass is 359 g/mol. The molecule has 2 saturated heterocycles. The minimum absolute atomic E-state index is 0.207. The van der Waals surface area contributed by atoms with Gasteiger partial charge < -0.3 is 15.0 Å². The lowest BCUT2D eigenvalue weighted by molar-refractivity contribution is -0.132. The van der Waals surface area contributed by atoms with Crippen LogP contribution in [0.4, 0.5) is 9.59 Å². The lowest BCUT2D eigenvalue weighted by atomic mass is 10.0. The van der Waals surface area contributed by atoms with Gasteiger partial charge in [-0.25, -0.2) is 9.59 Å². The number of hydrogen-bond acceptors (Lipinski definition) is 4. The van der Waals surface area contributed by atoms with Gasteiger partial charge in [0.15, 0.2) is 0 Å². The number of carbonyl (C=O) groups excluding carboxylic acids is 3. The summed E-state index contributed by atoms with van der Waals surface area (Å²) >= 11 is 0. The first-order valence-electron chi connectivity index (χ1n) is 8.89. The van der Waals surface area contributed by atoms with E-state index in [1.165, 1.54) is 4.90 Å². The SMILES string of the molecule is CC(C)(C)OC(=O)N[C@@H]1CCN2C(=O)N(Cc3ccccc3)C(=O)C[C@H]12. The molecule has 1 aromatic rings. The van der Waals surface area contributed by atoms with Crippen LogP contribution in [0.1, 0.15) is 39.2 Å². The number of rotatable bonds is 3. The Balaban J connectivity index is 1.65.